The van der Waals surface area contributed by atoms with Crippen molar-refractivity contribution in [2.45, 2.75) is 38.8 Å². The van der Waals surface area contributed by atoms with E-state index in [1.165, 1.54) is 0 Å². The highest BCUT2D eigenvalue weighted by Crippen LogP contribution is 2.37. The molecule has 154 valence electrons. The predicted molar refractivity (Wildman–Crippen MR) is 111 cm³/mol. The molecule has 3 aromatic rings. The third-order valence-electron chi connectivity index (χ3n) is 4.96. The summed E-state index contributed by atoms with van der Waals surface area (Å²) in [5.41, 5.74) is 2.19. The first-order chi connectivity index (χ1) is 14.4. The number of pyridine rings is 1. The number of hydrogen-bond acceptors (Lipinski definition) is 6. The number of rotatable bonds is 6. The van der Waals surface area contributed by atoms with Crippen LogP contribution in [0.1, 0.15) is 32.3 Å². The Bertz CT molecular complexity index is 1150. The number of nitrogens with zero attached hydrogens (tertiary/aromatic N) is 4. The lowest BCUT2D eigenvalue weighted by Crippen LogP contribution is -2.31. The molecule has 1 N–H and O–H groups in total. The Morgan fingerprint density at radius 1 is 1.33 bits per heavy atom. The minimum absolute atomic E-state index is 0.0304. The molecule has 4 rings (SSSR count). The molecule has 1 amide bonds. The maximum Gasteiger partial charge on any atom is 0.221 e. The van der Waals surface area contributed by atoms with Crippen molar-refractivity contribution < 1.29 is 14.3 Å². The maximum atomic E-state index is 11.5. The Morgan fingerprint density at radius 2 is 2.17 bits per heavy atom. The molecule has 1 atom stereocenters. The van der Waals surface area contributed by atoms with E-state index in [4.69, 9.17) is 9.47 Å². The second-order valence-corrected chi connectivity index (χ2v) is 7.67. The van der Waals surface area contributed by atoms with Crippen molar-refractivity contribution in [3.8, 4) is 28.8 Å². The largest absolute Gasteiger partial charge is 0.490 e. The highest BCUT2D eigenvalue weighted by atomic mass is 16.5. The van der Waals surface area contributed by atoms with Crippen molar-refractivity contribution in [2.75, 3.05) is 6.61 Å². The van der Waals surface area contributed by atoms with Crippen LogP contribution in [0.4, 0.5) is 0 Å². The number of aryl methyl sites for hydroxylation is 1. The van der Waals surface area contributed by atoms with Gasteiger partial charge in [0.25, 0.3) is 0 Å². The Hall–Kier alpha value is -3.60. The third kappa shape index (κ3) is 3.92. The lowest BCUT2D eigenvalue weighted by molar-refractivity contribution is -0.119. The number of nitrogens with one attached hydrogen (secondary N) is 1. The predicted octanol–water partition coefficient (Wildman–Crippen LogP) is 2.95. The van der Waals surface area contributed by atoms with Gasteiger partial charge in [0.2, 0.25) is 11.8 Å². The van der Waals surface area contributed by atoms with Crippen molar-refractivity contribution in [3.05, 3.63) is 36.3 Å². The van der Waals surface area contributed by atoms with E-state index in [9.17, 15) is 10.1 Å². The number of nitriles is 1. The second kappa shape index (κ2) is 8.03. The van der Waals surface area contributed by atoms with E-state index >= 15 is 0 Å². The van der Waals surface area contributed by atoms with E-state index in [1.807, 2.05) is 33.2 Å². The first-order valence-corrected chi connectivity index (χ1v) is 9.89. The van der Waals surface area contributed by atoms with Gasteiger partial charge in [0.1, 0.15) is 18.4 Å². The number of carbonyl (C=O) groups is 1. The monoisotopic (exact) mass is 405 g/mol. The first kappa shape index (κ1) is 19.7. The number of amides is 1. The highest BCUT2D eigenvalue weighted by molar-refractivity contribution is 6.00. The van der Waals surface area contributed by atoms with Crippen molar-refractivity contribution in [3.63, 3.8) is 0 Å². The summed E-state index contributed by atoms with van der Waals surface area (Å²) in [5.74, 6) is 0.973. The summed E-state index contributed by atoms with van der Waals surface area (Å²) in [6.07, 6.45) is 6.56. The van der Waals surface area contributed by atoms with E-state index in [0.717, 1.165) is 28.3 Å². The summed E-state index contributed by atoms with van der Waals surface area (Å²) >= 11 is 0. The van der Waals surface area contributed by atoms with Gasteiger partial charge in [-0.2, -0.15) is 10.4 Å². The van der Waals surface area contributed by atoms with Gasteiger partial charge in [0, 0.05) is 42.4 Å². The lowest BCUT2D eigenvalue weighted by atomic mass is 10.0. The number of fused-ring (bicyclic) bond motifs is 1. The summed E-state index contributed by atoms with van der Waals surface area (Å²) in [7, 11) is 1.85. The lowest BCUT2D eigenvalue weighted by Gasteiger charge is -2.17. The molecule has 0 spiro atoms. The molecule has 3 heterocycles. The van der Waals surface area contributed by atoms with E-state index in [1.54, 1.807) is 23.1 Å². The van der Waals surface area contributed by atoms with Crippen LogP contribution in [0.2, 0.25) is 0 Å². The van der Waals surface area contributed by atoms with E-state index < -0.39 is 0 Å². The van der Waals surface area contributed by atoms with Crippen molar-refractivity contribution >= 4 is 16.7 Å². The van der Waals surface area contributed by atoms with Gasteiger partial charge in [-0.05, 0) is 37.8 Å². The summed E-state index contributed by atoms with van der Waals surface area (Å²) in [4.78, 5) is 16.0. The van der Waals surface area contributed by atoms with Gasteiger partial charge in [-0.3, -0.25) is 9.48 Å². The zero-order valence-corrected chi connectivity index (χ0v) is 17.2. The van der Waals surface area contributed by atoms with Gasteiger partial charge in [-0.15, -0.1) is 0 Å². The second-order valence-electron chi connectivity index (χ2n) is 7.67. The number of hydrogen-bond donors (Lipinski definition) is 1. The van der Waals surface area contributed by atoms with Crippen LogP contribution in [0.3, 0.4) is 0 Å². The Labute approximate surface area is 174 Å². The number of carbonyl (C=O) groups excluding carboxylic acids is 1. The standard InChI is InChI=1S/C22H23N5O3/c1-13(2)30-20-7-18-17(6-14(20)8-23)19(15-9-25-27(3)11-15)10-24-22(18)29-12-16-4-5-21(28)26-16/h6-7,9-11,13,16H,4-5,12H2,1-3H3,(H,26,28)/t16-/m0/s1. The number of benzene rings is 1. The van der Waals surface area contributed by atoms with Gasteiger partial charge < -0.3 is 14.8 Å². The molecule has 8 heteroatoms. The summed E-state index contributed by atoms with van der Waals surface area (Å²) in [6, 6.07) is 5.81. The molecule has 1 fully saturated rings. The summed E-state index contributed by atoms with van der Waals surface area (Å²) < 4.78 is 13.6. The summed E-state index contributed by atoms with van der Waals surface area (Å²) in [5, 5.41) is 18.4. The molecule has 8 nitrogen and oxygen atoms in total. The minimum atomic E-state index is -0.0814. The van der Waals surface area contributed by atoms with Gasteiger partial charge in [0.05, 0.1) is 23.9 Å². The number of ether oxygens (including phenoxy) is 2. The van der Waals surface area contributed by atoms with Gasteiger partial charge in [-0.1, -0.05) is 0 Å². The molecule has 0 aliphatic carbocycles. The molecule has 1 saturated heterocycles. The SMILES string of the molecule is CC(C)Oc1cc2c(OC[C@@H]3CCC(=O)N3)ncc(-c3cnn(C)c3)c2cc1C#N. The molecule has 0 unspecified atom stereocenters. The highest BCUT2D eigenvalue weighted by Gasteiger charge is 2.22. The fourth-order valence-electron chi connectivity index (χ4n) is 3.57. The van der Waals surface area contributed by atoms with Gasteiger partial charge in [0.15, 0.2) is 0 Å². The molecule has 1 aliphatic heterocycles. The first-order valence-electron chi connectivity index (χ1n) is 9.89. The quantitative estimate of drug-likeness (QED) is 0.676. The maximum absolute atomic E-state index is 11.5. The zero-order chi connectivity index (χ0) is 21.3. The van der Waals surface area contributed by atoms with Crippen molar-refractivity contribution in [2.24, 2.45) is 7.05 Å². The van der Waals surface area contributed by atoms with Crippen LogP contribution >= 0.6 is 0 Å². The smallest absolute Gasteiger partial charge is 0.221 e. The van der Waals surface area contributed by atoms with Gasteiger partial charge >= 0.3 is 0 Å². The van der Waals surface area contributed by atoms with Crippen LogP contribution in [-0.4, -0.2) is 39.4 Å². The Kier molecular flexibility index (Phi) is 5.27. The molecule has 2 aromatic heterocycles. The molecule has 0 bridgehead atoms. The average molecular weight is 405 g/mol. The number of aromatic nitrogens is 3. The van der Waals surface area contributed by atoms with Crippen molar-refractivity contribution in [1.82, 2.24) is 20.1 Å². The molecular formula is C22H23N5O3. The van der Waals surface area contributed by atoms with Crippen LogP contribution in [0.5, 0.6) is 11.6 Å². The molecule has 0 radical (unpaired) electrons. The fraction of sp³-hybridized carbons (Fsp3) is 0.364. The van der Waals surface area contributed by atoms with Gasteiger partial charge in [-0.25, -0.2) is 4.98 Å². The van der Waals surface area contributed by atoms with Crippen LogP contribution < -0.4 is 14.8 Å². The van der Waals surface area contributed by atoms with Crippen LogP contribution in [-0.2, 0) is 11.8 Å². The van der Waals surface area contributed by atoms with E-state index in [2.05, 4.69) is 21.5 Å². The zero-order valence-electron chi connectivity index (χ0n) is 17.2. The van der Waals surface area contributed by atoms with Crippen LogP contribution in [0.15, 0.2) is 30.7 Å². The van der Waals surface area contributed by atoms with E-state index in [0.29, 0.717) is 30.2 Å². The fourth-order valence-corrected chi connectivity index (χ4v) is 3.57. The minimum Gasteiger partial charge on any atom is -0.490 e. The molecular weight excluding hydrogens is 382 g/mol. The molecule has 1 aromatic carbocycles. The van der Waals surface area contributed by atoms with Crippen LogP contribution in [0.25, 0.3) is 21.9 Å². The average Bonchev–Trinajstić information content (AvgIpc) is 3.33. The Morgan fingerprint density at radius 3 is 2.80 bits per heavy atom. The third-order valence-corrected chi connectivity index (χ3v) is 4.96. The van der Waals surface area contributed by atoms with Crippen molar-refractivity contribution in [1.29, 1.82) is 5.26 Å². The van der Waals surface area contributed by atoms with Crippen LogP contribution in [0, 0.1) is 11.3 Å². The van der Waals surface area contributed by atoms with E-state index in [-0.39, 0.29) is 18.1 Å². The summed E-state index contributed by atoms with van der Waals surface area (Å²) in [6.45, 7) is 4.16. The normalized spacial score (nSPS) is 16.0. The molecule has 1 aliphatic rings. The Balaban J connectivity index is 1.80. The topological polar surface area (TPSA) is 102 Å². The molecule has 30 heavy (non-hydrogen) atoms. The molecule has 0 saturated carbocycles.